The molecule has 0 bridgehead atoms. The minimum absolute atomic E-state index is 0.446. The molecule has 0 heterocycles. The second-order valence-corrected chi connectivity index (χ2v) is 17.1. The summed E-state index contributed by atoms with van der Waals surface area (Å²) in [6, 6.07) is 46.4. The Morgan fingerprint density at radius 3 is 1.46 bits per heavy atom. The molecule has 0 aliphatic heterocycles. The van der Waals surface area contributed by atoms with Crippen LogP contribution in [-0.2, 0) is 13.5 Å². The largest absolute Gasteiger partial charge is 0.0622 e. The first-order valence-corrected chi connectivity index (χ1v) is 19.7. The first kappa shape index (κ1) is 29.4. The van der Waals surface area contributed by atoms with E-state index in [0.717, 1.165) is 37.9 Å². The number of fused-ring (bicyclic) bond motifs is 1. The van der Waals surface area contributed by atoms with Gasteiger partial charge in [0.05, 0.1) is 0 Å². The normalized spacial score (nSPS) is 12.2. The van der Waals surface area contributed by atoms with Crippen molar-refractivity contribution in [2.24, 2.45) is 0 Å². The Bertz CT molecular complexity index is 1560. The second kappa shape index (κ2) is 14.2. The SMILES string of the molecule is COc1cc(OC)c2c(c1)C(c1ccccc1)=C[C]2=[Ru]([Cl])[Cl].c1ccc(P(c2ccccc2)c2ccccc2)cc1. The van der Waals surface area contributed by atoms with E-state index in [1.165, 1.54) is 15.9 Å². The van der Waals surface area contributed by atoms with Crippen molar-refractivity contribution in [2.75, 3.05) is 14.2 Å². The minimum atomic E-state index is -2.07. The summed E-state index contributed by atoms with van der Waals surface area (Å²) in [6.07, 6.45) is 2.08. The van der Waals surface area contributed by atoms with Crippen LogP contribution in [0.4, 0.5) is 0 Å². The summed E-state index contributed by atoms with van der Waals surface area (Å²) in [5.41, 5.74) is 4.27. The molecule has 5 aromatic carbocycles. The summed E-state index contributed by atoms with van der Waals surface area (Å²) in [5.74, 6) is 1.49. The van der Waals surface area contributed by atoms with Crippen LogP contribution in [-0.4, -0.2) is 18.3 Å². The average Bonchev–Trinajstić information content (AvgIpc) is 3.43. The Balaban J connectivity index is 0.000000166. The van der Waals surface area contributed by atoms with Crippen LogP contribution in [0.25, 0.3) is 5.57 Å². The van der Waals surface area contributed by atoms with Crippen molar-refractivity contribution in [2.45, 2.75) is 0 Å². The van der Waals surface area contributed by atoms with Crippen LogP contribution in [0, 0.1) is 0 Å². The van der Waals surface area contributed by atoms with E-state index in [1.807, 2.05) is 30.3 Å². The molecule has 6 rings (SSSR count). The molecule has 0 fully saturated rings. The van der Waals surface area contributed by atoms with Crippen LogP contribution < -0.4 is 25.4 Å². The fourth-order valence-corrected chi connectivity index (χ4v) is 9.50. The van der Waals surface area contributed by atoms with Crippen molar-refractivity contribution < 1.29 is 23.0 Å². The van der Waals surface area contributed by atoms with Crippen LogP contribution in [0.3, 0.4) is 0 Å². The van der Waals surface area contributed by atoms with Gasteiger partial charge in [-0.25, -0.2) is 0 Å². The van der Waals surface area contributed by atoms with Gasteiger partial charge in [-0.3, -0.25) is 0 Å². The number of hydrogen-bond donors (Lipinski definition) is 0. The Morgan fingerprint density at radius 2 is 1.05 bits per heavy atom. The molecule has 5 aromatic rings. The zero-order valence-corrected chi connectivity index (χ0v) is 26.8. The van der Waals surface area contributed by atoms with Crippen molar-refractivity contribution in [3.8, 4) is 11.5 Å². The molecule has 1 aliphatic rings. The number of methoxy groups -OCH3 is 2. The van der Waals surface area contributed by atoms with E-state index >= 15 is 0 Å². The van der Waals surface area contributed by atoms with Crippen molar-refractivity contribution in [3.63, 3.8) is 0 Å². The van der Waals surface area contributed by atoms with Gasteiger partial charge < -0.3 is 0 Å². The van der Waals surface area contributed by atoms with Crippen LogP contribution in [0.5, 0.6) is 11.5 Å². The van der Waals surface area contributed by atoms with Crippen LogP contribution in [0.15, 0.2) is 140 Å². The summed E-state index contributed by atoms with van der Waals surface area (Å²) in [5, 5.41) is 4.19. The zero-order valence-electron chi connectivity index (χ0n) is 22.7. The van der Waals surface area contributed by atoms with E-state index in [9.17, 15) is 0 Å². The molecule has 0 N–H and O–H groups in total. The molecular formula is C35H29Cl2O2PRu. The van der Waals surface area contributed by atoms with Gasteiger partial charge in [-0.15, -0.1) is 0 Å². The minimum Gasteiger partial charge on any atom is -0.0622 e. The van der Waals surface area contributed by atoms with E-state index in [1.54, 1.807) is 14.2 Å². The molecule has 0 saturated heterocycles. The van der Waals surface area contributed by atoms with E-state index in [-0.39, 0.29) is 0 Å². The van der Waals surface area contributed by atoms with Crippen molar-refractivity contribution in [1.29, 1.82) is 0 Å². The maximum absolute atomic E-state index is 6.31. The van der Waals surface area contributed by atoms with Crippen molar-refractivity contribution >= 4 is 52.9 Å². The summed E-state index contributed by atoms with van der Waals surface area (Å²) >= 11 is -2.07. The quantitative estimate of drug-likeness (QED) is 0.133. The smallest absolute Gasteiger partial charge is 0.0134 e. The first-order chi connectivity index (χ1) is 20.1. The Kier molecular flexibility index (Phi) is 10.2. The molecular weight excluding hydrogens is 655 g/mol. The van der Waals surface area contributed by atoms with Gasteiger partial charge in [0.25, 0.3) is 0 Å². The topological polar surface area (TPSA) is 18.5 Å². The van der Waals surface area contributed by atoms with Crippen LogP contribution in [0.1, 0.15) is 16.7 Å². The van der Waals surface area contributed by atoms with Crippen LogP contribution >= 0.6 is 27.3 Å². The summed E-state index contributed by atoms with van der Waals surface area (Å²) in [4.78, 5) is 0. The third kappa shape index (κ3) is 6.88. The molecule has 1 aliphatic carbocycles. The monoisotopic (exact) mass is 684 g/mol. The standard InChI is InChI=1S/C18H15P.C17H14O2.2ClH.Ru/c1-4-10-16(11-5-1)19(17-12-6-2-7-13-17)18-14-8-3-9-15-18;1-18-13-10-16-14(12-6-4-3-5-7-12)8-9-15(16)17(11-13)19-2;;;/h1-15H;3-8,10-11H,1-2H3;2*1H;/q;;;;+2/p-2. The molecule has 0 aromatic heterocycles. The van der Waals surface area contributed by atoms with Gasteiger partial charge in [-0.2, -0.15) is 0 Å². The first-order valence-electron chi connectivity index (χ1n) is 13.0. The maximum Gasteiger partial charge on any atom is -0.0134 e. The van der Waals surface area contributed by atoms with Gasteiger partial charge in [0.2, 0.25) is 0 Å². The number of benzene rings is 5. The van der Waals surface area contributed by atoms with Gasteiger partial charge in [0, 0.05) is 0 Å². The predicted molar refractivity (Wildman–Crippen MR) is 174 cm³/mol. The molecule has 0 spiro atoms. The number of ether oxygens (including phenoxy) is 2. The average molecular weight is 685 g/mol. The van der Waals surface area contributed by atoms with Crippen molar-refractivity contribution in [3.05, 3.63) is 156 Å². The second-order valence-electron chi connectivity index (χ2n) is 9.04. The Hall–Kier alpha value is -3.06. The fourth-order valence-electron chi connectivity index (χ4n) is 4.73. The summed E-state index contributed by atoms with van der Waals surface area (Å²) in [7, 11) is 15.5. The van der Waals surface area contributed by atoms with Gasteiger partial charge in [0.15, 0.2) is 0 Å². The number of allylic oxidation sites excluding steroid dienone is 1. The Morgan fingerprint density at radius 1 is 0.585 bits per heavy atom. The summed E-state index contributed by atoms with van der Waals surface area (Å²) < 4.78 is 11.9. The molecule has 0 atom stereocenters. The fraction of sp³-hybridized carbons (Fsp3) is 0.0571. The van der Waals surface area contributed by atoms with Gasteiger partial charge in [-0.05, 0) is 23.8 Å². The summed E-state index contributed by atoms with van der Waals surface area (Å²) in [6.45, 7) is 0. The van der Waals surface area contributed by atoms with Gasteiger partial charge >= 0.3 is 143 Å². The zero-order chi connectivity index (χ0) is 28.6. The molecule has 0 saturated carbocycles. The molecule has 41 heavy (non-hydrogen) atoms. The van der Waals surface area contributed by atoms with Gasteiger partial charge in [-0.1, -0.05) is 91.0 Å². The number of rotatable bonds is 6. The predicted octanol–water partition coefficient (Wildman–Crippen LogP) is 8.04. The van der Waals surface area contributed by atoms with E-state index in [4.69, 9.17) is 28.9 Å². The third-order valence-electron chi connectivity index (χ3n) is 6.59. The molecule has 2 nitrogen and oxygen atoms in total. The van der Waals surface area contributed by atoms with Crippen molar-refractivity contribution in [1.82, 2.24) is 0 Å². The van der Waals surface area contributed by atoms with Gasteiger partial charge in [0.1, 0.15) is 0 Å². The third-order valence-corrected chi connectivity index (χ3v) is 12.1. The molecule has 6 heteroatoms. The molecule has 208 valence electrons. The maximum atomic E-state index is 6.31. The van der Waals surface area contributed by atoms with Crippen LogP contribution in [0.2, 0.25) is 0 Å². The van der Waals surface area contributed by atoms with E-state index in [2.05, 4.69) is 109 Å². The van der Waals surface area contributed by atoms with E-state index < -0.39 is 21.4 Å². The van der Waals surface area contributed by atoms with E-state index in [0.29, 0.717) is 0 Å². The Labute approximate surface area is 256 Å². The molecule has 0 amide bonds. The molecule has 0 unspecified atom stereocenters. The number of halogens is 2. The molecule has 0 radical (unpaired) electrons. The number of hydrogen-bond acceptors (Lipinski definition) is 2.